The van der Waals surface area contributed by atoms with Crippen molar-refractivity contribution in [3.63, 3.8) is 0 Å². The lowest BCUT2D eigenvalue weighted by Crippen LogP contribution is -2.30. The van der Waals surface area contributed by atoms with Crippen LogP contribution in [0.25, 0.3) is 22.0 Å². The first-order valence-corrected chi connectivity index (χ1v) is 9.35. The molecule has 1 atom stereocenters. The zero-order chi connectivity index (χ0) is 19.9. The van der Waals surface area contributed by atoms with Gasteiger partial charge in [0.2, 0.25) is 5.95 Å². The molecule has 0 fully saturated rings. The summed E-state index contributed by atoms with van der Waals surface area (Å²) in [6, 6.07) is 15.4. The number of halogens is 1. The lowest BCUT2D eigenvalue weighted by atomic mass is 9.71. The summed E-state index contributed by atoms with van der Waals surface area (Å²) in [4.78, 5) is 11.6. The van der Waals surface area contributed by atoms with Crippen LogP contribution in [0.2, 0.25) is 0 Å². The van der Waals surface area contributed by atoms with E-state index >= 15 is 0 Å². The van der Waals surface area contributed by atoms with Crippen molar-refractivity contribution < 1.29 is 4.39 Å². The fourth-order valence-electron chi connectivity index (χ4n) is 3.67. The number of nitrogens with two attached hydrogens (primary N) is 1. The summed E-state index contributed by atoms with van der Waals surface area (Å²) in [5.41, 5.74) is 10.4. The van der Waals surface area contributed by atoms with Crippen LogP contribution in [0.4, 0.5) is 10.3 Å². The molecule has 0 saturated carbocycles. The molecular formula is C23H23FN4. The maximum atomic E-state index is 13.6. The van der Waals surface area contributed by atoms with Gasteiger partial charge in [-0.05, 0) is 53.6 Å². The topological polar surface area (TPSA) is 67.6 Å². The number of hydrogen-bond acceptors (Lipinski definition) is 3. The number of benzene rings is 2. The van der Waals surface area contributed by atoms with Crippen molar-refractivity contribution in [2.24, 2.45) is 5.92 Å². The van der Waals surface area contributed by atoms with Crippen molar-refractivity contribution in [3.05, 3.63) is 78.0 Å². The van der Waals surface area contributed by atoms with E-state index in [1.54, 1.807) is 18.5 Å². The molecule has 0 bridgehead atoms. The Hall–Kier alpha value is -3.21. The van der Waals surface area contributed by atoms with E-state index in [2.05, 4.69) is 66.1 Å². The SMILES string of the molecule is CC(C)C(C)(c1ccc(-c2cnc(N)nc2)cc1)c1cc2ccc(F)cc2[nH]1. The minimum absolute atomic E-state index is 0.234. The van der Waals surface area contributed by atoms with E-state index in [0.29, 0.717) is 5.92 Å². The summed E-state index contributed by atoms with van der Waals surface area (Å²) in [5.74, 6) is 0.362. The Kier molecular flexibility index (Phi) is 4.38. The number of hydrogen-bond donors (Lipinski definition) is 2. The van der Waals surface area contributed by atoms with E-state index in [0.717, 1.165) is 27.7 Å². The second-order valence-corrected chi connectivity index (χ2v) is 7.68. The number of aromatic amines is 1. The normalized spacial score (nSPS) is 13.8. The average Bonchev–Trinajstić information content (AvgIpc) is 3.11. The van der Waals surface area contributed by atoms with Crippen LogP contribution in [0, 0.1) is 11.7 Å². The van der Waals surface area contributed by atoms with Crippen LogP contribution in [0.1, 0.15) is 32.0 Å². The van der Waals surface area contributed by atoms with E-state index in [1.165, 1.54) is 11.6 Å². The number of fused-ring (bicyclic) bond motifs is 1. The number of H-pyrrole nitrogens is 1. The van der Waals surface area contributed by atoms with Gasteiger partial charge >= 0.3 is 0 Å². The highest BCUT2D eigenvalue weighted by molar-refractivity contribution is 5.81. The van der Waals surface area contributed by atoms with Crippen LogP contribution in [0.15, 0.2) is 60.9 Å². The third kappa shape index (κ3) is 3.03. The van der Waals surface area contributed by atoms with Crippen LogP contribution in [0.5, 0.6) is 0 Å². The van der Waals surface area contributed by atoms with E-state index < -0.39 is 0 Å². The van der Waals surface area contributed by atoms with Crippen molar-refractivity contribution >= 4 is 16.9 Å². The van der Waals surface area contributed by atoms with Gasteiger partial charge in [-0.25, -0.2) is 14.4 Å². The van der Waals surface area contributed by atoms with Crippen LogP contribution in [0.3, 0.4) is 0 Å². The highest BCUT2D eigenvalue weighted by Gasteiger charge is 2.34. The molecule has 0 aliphatic rings. The summed E-state index contributed by atoms with van der Waals surface area (Å²) in [5, 5.41) is 1.01. The molecule has 2 aromatic carbocycles. The fourth-order valence-corrected chi connectivity index (χ4v) is 3.67. The third-order valence-electron chi connectivity index (χ3n) is 5.79. The zero-order valence-electron chi connectivity index (χ0n) is 16.2. The first-order valence-electron chi connectivity index (χ1n) is 9.35. The largest absolute Gasteiger partial charge is 0.368 e. The van der Waals surface area contributed by atoms with Crippen molar-refractivity contribution in [2.75, 3.05) is 5.73 Å². The van der Waals surface area contributed by atoms with Crippen LogP contribution >= 0.6 is 0 Å². The molecule has 142 valence electrons. The standard InChI is InChI=1S/C23H23FN4/c1-14(2)23(3,21-10-16-6-9-19(24)11-20(16)28-21)18-7-4-15(5-8-18)17-12-26-22(25)27-13-17/h4-14,28H,1-3H3,(H2,25,26,27). The Morgan fingerprint density at radius 3 is 2.29 bits per heavy atom. The maximum Gasteiger partial charge on any atom is 0.219 e. The van der Waals surface area contributed by atoms with Gasteiger partial charge in [0.15, 0.2) is 0 Å². The van der Waals surface area contributed by atoms with E-state index in [1.807, 2.05) is 6.07 Å². The summed E-state index contributed by atoms with van der Waals surface area (Å²) in [6.45, 7) is 6.63. The minimum atomic E-state index is -0.244. The molecule has 0 aliphatic heterocycles. The number of aromatic nitrogens is 3. The van der Waals surface area contributed by atoms with Gasteiger partial charge in [-0.15, -0.1) is 0 Å². The fraction of sp³-hybridized carbons (Fsp3) is 0.217. The van der Waals surface area contributed by atoms with Crippen molar-refractivity contribution in [1.29, 1.82) is 0 Å². The molecule has 4 rings (SSSR count). The molecule has 0 saturated heterocycles. The first kappa shape index (κ1) is 18.2. The third-order valence-corrected chi connectivity index (χ3v) is 5.79. The smallest absolute Gasteiger partial charge is 0.219 e. The summed E-state index contributed by atoms with van der Waals surface area (Å²) in [7, 11) is 0. The lowest BCUT2D eigenvalue weighted by Gasteiger charge is -2.34. The highest BCUT2D eigenvalue weighted by Crippen LogP contribution is 2.40. The molecule has 5 heteroatoms. The summed E-state index contributed by atoms with van der Waals surface area (Å²) in [6.07, 6.45) is 3.45. The molecule has 4 nitrogen and oxygen atoms in total. The predicted octanol–water partition coefficient (Wildman–Crippen LogP) is 5.31. The van der Waals surface area contributed by atoms with Crippen molar-refractivity contribution in [1.82, 2.24) is 15.0 Å². The summed E-state index contributed by atoms with van der Waals surface area (Å²) < 4.78 is 13.6. The second kappa shape index (κ2) is 6.75. The number of anilines is 1. The molecule has 1 unspecified atom stereocenters. The van der Waals surface area contributed by atoms with Gasteiger partial charge in [-0.1, -0.05) is 38.1 Å². The minimum Gasteiger partial charge on any atom is -0.368 e. The Labute approximate surface area is 163 Å². The van der Waals surface area contributed by atoms with Crippen molar-refractivity contribution in [3.8, 4) is 11.1 Å². The van der Waals surface area contributed by atoms with E-state index in [9.17, 15) is 4.39 Å². The molecule has 0 spiro atoms. The van der Waals surface area contributed by atoms with Crippen molar-refractivity contribution in [2.45, 2.75) is 26.2 Å². The average molecular weight is 374 g/mol. The van der Waals surface area contributed by atoms with Crippen LogP contribution in [-0.2, 0) is 5.41 Å². The van der Waals surface area contributed by atoms with Gasteiger partial charge in [-0.3, -0.25) is 0 Å². The van der Waals surface area contributed by atoms with Gasteiger partial charge in [0.1, 0.15) is 5.82 Å². The molecule has 0 amide bonds. The number of rotatable bonds is 4. The predicted molar refractivity (Wildman–Crippen MR) is 111 cm³/mol. The molecule has 0 aliphatic carbocycles. The van der Waals surface area contributed by atoms with Gasteiger partial charge < -0.3 is 10.7 Å². The molecular weight excluding hydrogens is 351 g/mol. The monoisotopic (exact) mass is 374 g/mol. The van der Waals surface area contributed by atoms with Crippen LogP contribution < -0.4 is 5.73 Å². The Balaban J connectivity index is 1.76. The zero-order valence-corrected chi connectivity index (χ0v) is 16.2. The molecule has 2 aromatic heterocycles. The molecule has 28 heavy (non-hydrogen) atoms. The molecule has 2 heterocycles. The highest BCUT2D eigenvalue weighted by atomic mass is 19.1. The number of nitrogens with zero attached hydrogens (tertiary/aromatic N) is 2. The summed E-state index contributed by atoms with van der Waals surface area (Å²) >= 11 is 0. The van der Waals surface area contributed by atoms with Crippen LogP contribution in [-0.4, -0.2) is 15.0 Å². The van der Waals surface area contributed by atoms with Gasteiger partial charge in [-0.2, -0.15) is 0 Å². The first-order chi connectivity index (χ1) is 13.4. The number of nitrogen functional groups attached to an aromatic ring is 1. The van der Waals surface area contributed by atoms with Gasteiger partial charge in [0, 0.05) is 34.6 Å². The Morgan fingerprint density at radius 2 is 1.64 bits per heavy atom. The Morgan fingerprint density at radius 1 is 0.964 bits per heavy atom. The quantitative estimate of drug-likeness (QED) is 0.509. The van der Waals surface area contributed by atoms with Gasteiger partial charge in [0.25, 0.3) is 0 Å². The number of nitrogens with one attached hydrogen (secondary N) is 1. The molecule has 3 N–H and O–H groups in total. The second-order valence-electron chi connectivity index (χ2n) is 7.68. The maximum absolute atomic E-state index is 13.6. The lowest BCUT2D eigenvalue weighted by molar-refractivity contribution is 0.397. The molecule has 4 aromatic rings. The molecule has 0 radical (unpaired) electrons. The van der Waals surface area contributed by atoms with E-state index in [-0.39, 0.29) is 17.2 Å². The Bertz CT molecular complexity index is 1110. The van der Waals surface area contributed by atoms with Gasteiger partial charge in [0.05, 0.1) is 0 Å². The van der Waals surface area contributed by atoms with E-state index in [4.69, 9.17) is 5.73 Å².